The number of aryl methyl sites for hydroxylation is 2. The van der Waals surface area contributed by atoms with Crippen LogP contribution in [0.3, 0.4) is 0 Å². The molecule has 1 aromatic rings. The number of nitrogens with zero attached hydrogens (tertiary/aromatic N) is 1. The lowest BCUT2D eigenvalue weighted by Crippen LogP contribution is -2.20. The molecule has 0 atom stereocenters. The van der Waals surface area contributed by atoms with Crippen molar-refractivity contribution in [1.82, 2.24) is 0 Å². The van der Waals surface area contributed by atoms with Crippen molar-refractivity contribution in [1.29, 1.82) is 0 Å². The molecular formula is C16H22FNO5S. The van der Waals surface area contributed by atoms with Crippen LogP contribution in [0.1, 0.15) is 18.1 Å². The largest absolute Gasteiger partial charge is 0.490 e. The molecule has 8 heteroatoms. The number of ether oxygens (including phenoxy) is 2. The van der Waals surface area contributed by atoms with Gasteiger partial charge in [0.25, 0.3) is 0 Å². The van der Waals surface area contributed by atoms with E-state index in [9.17, 15) is 12.8 Å². The number of oxime groups is 1. The van der Waals surface area contributed by atoms with Crippen molar-refractivity contribution in [3.8, 4) is 11.5 Å². The Morgan fingerprint density at radius 1 is 1.25 bits per heavy atom. The van der Waals surface area contributed by atoms with Crippen molar-refractivity contribution >= 4 is 15.8 Å². The van der Waals surface area contributed by atoms with Gasteiger partial charge in [-0.15, -0.1) is 0 Å². The molecule has 6 nitrogen and oxygen atoms in total. The molecule has 0 aliphatic heterocycles. The van der Waals surface area contributed by atoms with Crippen LogP contribution >= 0.6 is 0 Å². The minimum absolute atomic E-state index is 0.432. The Balaban J connectivity index is 2.79. The van der Waals surface area contributed by atoms with E-state index in [-0.39, 0.29) is 0 Å². The van der Waals surface area contributed by atoms with E-state index < -0.39 is 27.5 Å². The predicted octanol–water partition coefficient (Wildman–Crippen LogP) is 2.94. The third-order valence-corrected chi connectivity index (χ3v) is 4.08. The molecule has 0 radical (unpaired) electrons. The van der Waals surface area contributed by atoms with E-state index in [1.807, 2.05) is 19.1 Å². The maximum atomic E-state index is 13.2. The van der Waals surface area contributed by atoms with E-state index in [1.54, 1.807) is 26.0 Å². The van der Waals surface area contributed by atoms with E-state index in [4.69, 9.17) is 9.47 Å². The first-order valence-corrected chi connectivity index (χ1v) is 9.05. The molecule has 0 bridgehead atoms. The number of hydrogen-bond donors (Lipinski definition) is 0. The highest BCUT2D eigenvalue weighted by atomic mass is 32.2. The second-order valence-electron chi connectivity index (χ2n) is 5.07. The van der Waals surface area contributed by atoms with Gasteiger partial charge in [-0.1, -0.05) is 17.3 Å². The number of halogens is 1. The van der Waals surface area contributed by atoms with Crippen LogP contribution in [0.25, 0.3) is 0 Å². The Morgan fingerprint density at radius 3 is 2.42 bits per heavy atom. The molecule has 0 heterocycles. The topological polar surface area (TPSA) is 74.2 Å². The van der Waals surface area contributed by atoms with E-state index in [1.165, 1.54) is 0 Å². The molecule has 0 aliphatic carbocycles. The van der Waals surface area contributed by atoms with Crippen LogP contribution in [0.15, 0.2) is 29.4 Å². The number of hydrogen-bond acceptors (Lipinski definition) is 6. The van der Waals surface area contributed by atoms with E-state index in [0.717, 1.165) is 18.2 Å². The lowest BCUT2D eigenvalue weighted by molar-refractivity contribution is 0.208. The fraction of sp³-hybridized carbons (Fsp3) is 0.438. The zero-order chi connectivity index (χ0) is 18.2. The fourth-order valence-corrected chi connectivity index (χ4v) is 2.76. The molecule has 0 N–H and O–H groups in total. The van der Waals surface area contributed by atoms with E-state index in [2.05, 4.69) is 9.99 Å². The van der Waals surface area contributed by atoms with Gasteiger partial charge in [0, 0.05) is 0 Å². The second-order valence-corrected chi connectivity index (χ2v) is 7.08. The Kier molecular flexibility index (Phi) is 7.70. The standard InChI is InChI=1S/C16H22FNO5S/c1-5-6-7-22-14-8-12(2)16(13(3)9-14)23-11-24(19,20)10-15(17)18-21-4/h5-6,8-9H,7,10-11H2,1-4H3/b6-5+,18-15-. The molecule has 24 heavy (non-hydrogen) atoms. The predicted molar refractivity (Wildman–Crippen MR) is 91.1 cm³/mol. The summed E-state index contributed by atoms with van der Waals surface area (Å²) >= 11 is 0. The average molecular weight is 359 g/mol. The SMILES string of the molecule is C/C=C/COc1cc(C)c(OCS(=O)(=O)C/C(F)=N/OC)c(C)c1. The Hall–Kier alpha value is -2.09. The summed E-state index contributed by atoms with van der Waals surface area (Å²) in [5.74, 6) is -1.55. The van der Waals surface area contributed by atoms with Crippen LogP contribution in [-0.2, 0) is 14.7 Å². The smallest absolute Gasteiger partial charge is 0.241 e. The minimum atomic E-state index is -3.81. The maximum absolute atomic E-state index is 13.2. The van der Waals surface area contributed by atoms with Gasteiger partial charge < -0.3 is 14.3 Å². The van der Waals surface area contributed by atoms with Crippen LogP contribution in [0, 0.1) is 13.8 Å². The van der Waals surface area contributed by atoms with Gasteiger partial charge in [-0.3, -0.25) is 0 Å². The van der Waals surface area contributed by atoms with Gasteiger partial charge in [0.15, 0.2) is 15.8 Å². The number of sulfone groups is 1. The molecule has 0 aliphatic rings. The lowest BCUT2D eigenvalue weighted by atomic mass is 10.1. The highest BCUT2D eigenvalue weighted by Gasteiger charge is 2.18. The molecule has 1 aromatic carbocycles. The van der Waals surface area contributed by atoms with Gasteiger partial charge in [-0.25, -0.2) is 8.42 Å². The molecule has 0 spiro atoms. The van der Waals surface area contributed by atoms with Crippen LogP contribution in [0.2, 0.25) is 0 Å². The van der Waals surface area contributed by atoms with Crippen molar-refractivity contribution in [2.45, 2.75) is 20.8 Å². The lowest BCUT2D eigenvalue weighted by Gasteiger charge is -2.14. The Bertz CT molecular complexity index is 690. The highest BCUT2D eigenvalue weighted by Crippen LogP contribution is 2.28. The van der Waals surface area contributed by atoms with Crippen LogP contribution in [-0.4, -0.2) is 39.8 Å². The number of benzene rings is 1. The minimum Gasteiger partial charge on any atom is -0.490 e. The van der Waals surface area contributed by atoms with Crippen molar-refractivity contribution in [3.05, 3.63) is 35.4 Å². The molecule has 0 saturated carbocycles. The molecule has 1 rings (SSSR count). The highest BCUT2D eigenvalue weighted by molar-refractivity contribution is 7.91. The van der Waals surface area contributed by atoms with Crippen molar-refractivity contribution in [2.75, 3.05) is 25.4 Å². The van der Waals surface area contributed by atoms with Gasteiger partial charge >= 0.3 is 0 Å². The third kappa shape index (κ3) is 6.57. The first-order valence-electron chi connectivity index (χ1n) is 7.23. The monoisotopic (exact) mass is 359 g/mol. The van der Waals surface area contributed by atoms with Crippen molar-refractivity contribution in [2.24, 2.45) is 5.16 Å². The number of allylic oxidation sites excluding steroid dienone is 1. The van der Waals surface area contributed by atoms with Crippen molar-refractivity contribution in [3.63, 3.8) is 0 Å². The first-order chi connectivity index (χ1) is 11.3. The fourth-order valence-electron chi connectivity index (χ4n) is 1.96. The van der Waals surface area contributed by atoms with Gasteiger partial charge in [0.2, 0.25) is 5.97 Å². The zero-order valence-electron chi connectivity index (χ0n) is 14.2. The van der Waals surface area contributed by atoms with E-state index >= 15 is 0 Å². The van der Waals surface area contributed by atoms with Crippen LogP contribution in [0.5, 0.6) is 11.5 Å². The Labute approximate surface area is 141 Å². The molecule has 0 amide bonds. The normalized spacial score (nSPS) is 12.5. The summed E-state index contributed by atoms with van der Waals surface area (Å²) in [6.07, 6.45) is 3.76. The summed E-state index contributed by atoms with van der Waals surface area (Å²) in [6, 6.07) is 3.51. The summed E-state index contributed by atoms with van der Waals surface area (Å²) in [5, 5.41) is 2.94. The maximum Gasteiger partial charge on any atom is 0.241 e. The van der Waals surface area contributed by atoms with Gasteiger partial charge in [-0.2, -0.15) is 4.39 Å². The summed E-state index contributed by atoms with van der Waals surface area (Å²) in [6.45, 7) is 5.91. The quantitative estimate of drug-likeness (QED) is 0.385. The van der Waals surface area contributed by atoms with Crippen LogP contribution in [0.4, 0.5) is 4.39 Å². The molecule has 134 valence electrons. The third-order valence-electron chi connectivity index (χ3n) is 2.93. The number of rotatable bonds is 9. The molecule has 0 saturated heterocycles. The van der Waals surface area contributed by atoms with Gasteiger partial charge in [0.05, 0.1) is 0 Å². The average Bonchev–Trinajstić information content (AvgIpc) is 2.46. The first kappa shape index (κ1) is 20.0. The second kappa shape index (κ2) is 9.27. The van der Waals surface area contributed by atoms with Gasteiger partial charge in [0.1, 0.15) is 31.0 Å². The van der Waals surface area contributed by atoms with Crippen molar-refractivity contribution < 1.29 is 27.1 Å². The zero-order valence-corrected chi connectivity index (χ0v) is 15.0. The molecule has 0 unspecified atom stereocenters. The summed E-state index contributed by atoms with van der Waals surface area (Å²) in [5.41, 5.74) is 1.46. The molecular weight excluding hydrogens is 337 g/mol. The summed E-state index contributed by atoms with van der Waals surface area (Å²) in [4.78, 5) is 4.19. The molecule has 0 fully saturated rings. The molecule has 0 aromatic heterocycles. The van der Waals surface area contributed by atoms with E-state index in [0.29, 0.717) is 18.1 Å². The van der Waals surface area contributed by atoms with Crippen LogP contribution < -0.4 is 9.47 Å². The van der Waals surface area contributed by atoms with Gasteiger partial charge in [-0.05, 0) is 44.0 Å². The Morgan fingerprint density at radius 2 is 1.88 bits per heavy atom. The summed E-state index contributed by atoms with van der Waals surface area (Å²) < 4.78 is 47.7. The summed E-state index contributed by atoms with van der Waals surface area (Å²) in [7, 11) is -2.68.